The minimum absolute atomic E-state index is 0.0317. The third-order valence-electron chi connectivity index (χ3n) is 4.87. The molecule has 1 fully saturated rings. The molecule has 1 aromatic heterocycles. The second kappa shape index (κ2) is 8.10. The van der Waals surface area contributed by atoms with E-state index in [1.165, 1.54) is 0 Å². The third-order valence-corrected chi connectivity index (χ3v) is 4.87. The Balaban J connectivity index is 1.84. The van der Waals surface area contributed by atoms with Crippen molar-refractivity contribution in [2.24, 2.45) is 0 Å². The van der Waals surface area contributed by atoms with Crippen molar-refractivity contribution in [1.82, 2.24) is 19.8 Å². The number of fused-ring (bicyclic) bond motifs is 1. The van der Waals surface area contributed by atoms with Crippen LogP contribution in [0.4, 0.5) is 0 Å². The molecule has 1 atom stereocenters. The second-order valence-electron chi connectivity index (χ2n) is 7.29. The van der Waals surface area contributed by atoms with Gasteiger partial charge < -0.3 is 14.5 Å². The van der Waals surface area contributed by atoms with Crippen LogP contribution in [0, 0.1) is 13.8 Å². The van der Waals surface area contributed by atoms with Crippen molar-refractivity contribution < 1.29 is 9.53 Å². The lowest BCUT2D eigenvalue weighted by Crippen LogP contribution is -2.41. The summed E-state index contributed by atoms with van der Waals surface area (Å²) in [5.41, 5.74) is 4.06. The van der Waals surface area contributed by atoms with Crippen LogP contribution in [-0.2, 0) is 4.74 Å². The fourth-order valence-corrected chi connectivity index (χ4v) is 3.18. The van der Waals surface area contributed by atoms with Crippen LogP contribution in [0.3, 0.4) is 0 Å². The van der Waals surface area contributed by atoms with Crippen molar-refractivity contribution >= 4 is 16.9 Å². The number of nitrogens with zero attached hydrogens (tertiary/aromatic N) is 4. The van der Waals surface area contributed by atoms with Crippen molar-refractivity contribution in [3.05, 3.63) is 35.2 Å². The molecule has 0 saturated carbocycles. The summed E-state index contributed by atoms with van der Waals surface area (Å²) in [5.74, 6) is 0.0317. The van der Waals surface area contributed by atoms with E-state index < -0.39 is 0 Å². The van der Waals surface area contributed by atoms with Crippen LogP contribution in [0.1, 0.15) is 34.6 Å². The van der Waals surface area contributed by atoms with Crippen molar-refractivity contribution in [2.45, 2.75) is 32.8 Å². The number of aryl methyl sites for hydroxylation is 2. The van der Waals surface area contributed by atoms with Gasteiger partial charge in [0.1, 0.15) is 0 Å². The zero-order valence-electron chi connectivity index (χ0n) is 16.2. The summed E-state index contributed by atoms with van der Waals surface area (Å²) < 4.78 is 5.75. The van der Waals surface area contributed by atoms with Gasteiger partial charge in [0.2, 0.25) is 0 Å². The number of amides is 1. The highest BCUT2D eigenvalue weighted by Crippen LogP contribution is 2.18. The Morgan fingerprint density at radius 3 is 2.54 bits per heavy atom. The van der Waals surface area contributed by atoms with Crippen LogP contribution >= 0.6 is 0 Å². The first-order valence-electron chi connectivity index (χ1n) is 9.24. The lowest BCUT2D eigenvalue weighted by atomic mass is 10.1. The Kier molecular flexibility index (Phi) is 5.84. The highest BCUT2D eigenvalue weighted by Gasteiger charge is 2.23. The predicted molar refractivity (Wildman–Crippen MR) is 102 cm³/mol. The van der Waals surface area contributed by atoms with Gasteiger partial charge in [0.25, 0.3) is 5.91 Å². The first kappa shape index (κ1) is 18.7. The van der Waals surface area contributed by atoms with Gasteiger partial charge in [0, 0.05) is 31.8 Å². The maximum absolute atomic E-state index is 13.1. The first-order chi connectivity index (χ1) is 12.4. The molecule has 26 heavy (non-hydrogen) atoms. The number of hydrogen-bond donors (Lipinski definition) is 0. The number of benzene rings is 1. The highest BCUT2D eigenvalue weighted by molar-refractivity contribution is 5.97. The molecule has 0 spiro atoms. The topological polar surface area (TPSA) is 58.6 Å². The molecular weight excluding hydrogens is 328 g/mol. The molecule has 2 aromatic rings. The molecule has 6 heteroatoms. The van der Waals surface area contributed by atoms with E-state index in [1.807, 2.05) is 51.0 Å². The van der Waals surface area contributed by atoms with Crippen molar-refractivity contribution in [3.8, 4) is 0 Å². The van der Waals surface area contributed by atoms with Crippen molar-refractivity contribution in [1.29, 1.82) is 0 Å². The molecule has 2 heterocycles. The van der Waals surface area contributed by atoms with Gasteiger partial charge in [-0.25, -0.2) is 9.97 Å². The molecule has 1 aliphatic heterocycles. The number of aromatic nitrogens is 2. The number of hydrogen-bond acceptors (Lipinski definition) is 5. The Morgan fingerprint density at radius 2 is 1.88 bits per heavy atom. The lowest BCUT2D eigenvalue weighted by Gasteiger charge is -2.27. The van der Waals surface area contributed by atoms with Crippen LogP contribution in [0.25, 0.3) is 11.0 Å². The van der Waals surface area contributed by atoms with Gasteiger partial charge in [-0.2, -0.15) is 0 Å². The smallest absolute Gasteiger partial charge is 0.254 e. The largest absolute Gasteiger partial charge is 0.376 e. The molecule has 1 amide bonds. The molecular formula is C20H28N4O2. The van der Waals surface area contributed by atoms with E-state index in [0.29, 0.717) is 18.7 Å². The minimum Gasteiger partial charge on any atom is -0.376 e. The summed E-state index contributed by atoms with van der Waals surface area (Å²) in [5, 5.41) is 0. The molecule has 0 aliphatic carbocycles. The first-order valence-corrected chi connectivity index (χ1v) is 9.24. The quantitative estimate of drug-likeness (QED) is 0.796. The maximum Gasteiger partial charge on any atom is 0.254 e. The van der Waals surface area contributed by atoms with Gasteiger partial charge in [0.15, 0.2) is 0 Å². The lowest BCUT2D eigenvalue weighted by molar-refractivity contribution is 0.0512. The van der Waals surface area contributed by atoms with Gasteiger partial charge in [-0.3, -0.25) is 4.79 Å². The van der Waals surface area contributed by atoms with Gasteiger partial charge in [-0.15, -0.1) is 0 Å². The molecule has 1 aliphatic rings. The second-order valence-corrected chi connectivity index (χ2v) is 7.29. The van der Waals surface area contributed by atoms with Crippen LogP contribution in [0.2, 0.25) is 0 Å². The molecule has 0 unspecified atom stereocenters. The standard InChI is InChI=1S/C20H28N4O2/c1-14-15(2)22-19-12-16(7-8-18(19)21-14)20(25)24(10-9-23(3)4)13-17-6-5-11-26-17/h7-8,12,17H,5-6,9-11,13H2,1-4H3/t17-/m1/s1. The summed E-state index contributed by atoms with van der Waals surface area (Å²) in [7, 11) is 4.04. The molecule has 0 bridgehead atoms. The van der Waals surface area contributed by atoms with Gasteiger partial charge in [0.05, 0.1) is 28.5 Å². The third kappa shape index (κ3) is 4.37. The summed E-state index contributed by atoms with van der Waals surface area (Å²) in [6, 6.07) is 5.60. The Bertz CT molecular complexity index is 785. The fourth-order valence-electron chi connectivity index (χ4n) is 3.18. The minimum atomic E-state index is 0.0317. The van der Waals surface area contributed by atoms with E-state index in [1.54, 1.807) is 0 Å². The van der Waals surface area contributed by atoms with E-state index in [0.717, 1.165) is 48.4 Å². The van der Waals surface area contributed by atoms with E-state index in [-0.39, 0.29) is 12.0 Å². The monoisotopic (exact) mass is 356 g/mol. The Hall–Kier alpha value is -2.05. The van der Waals surface area contributed by atoms with Crippen LogP contribution in [-0.4, -0.2) is 72.1 Å². The number of likely N-dealkylation sites (N-methyl/N-ethyl adjacent to an activating group) is 1. The van der Waals surface area contributed by atoms with E-state index in [4.69, 9.17) is 4.74 Å². The molecule has 3 rings (SSSR count). The molecule has 1 aromatic carbocycles. The van der Waals surface area contributed by atoms with Gasteiger partial charge >= 0.3 is 0 Å². The number of rotatable bonds is 6. The Labute approximate surface area is 155 Å². The van der Waals surface area contributed by atoms with Crippen LogP contribution < -0.4 is 0 Å². The summed E-state index contributed by atoms with van der Waals surface area (Å²) in [4.78, 5) is 26.3. The van der Waals surface area contributed by atoms with Crippen LogP contribution in [0.5, 0.6) is 0 Å². The van der Waals surface area contributed by atoms with Crippen molar-refractivity contribution in [2.75, 3.05) is 40.3 Å². The molecule has 6 nitrogen and oxygen atoms in total. The number of carbonyl (C=O) groups excluding carboxylic acids is 1. The summed E-state index contributed by atoms with van der Waals surface area (Å²) in [6.07, 6.45) is 2.24. The summed E-state index contributed by atoms with van der Waals surface area (Å²) >= 11 is 0. The summed E-state index contributed by atoms with van der Waals surface area (Å²) in [6.45, 7) is 6.84. The average molecular weight is 356 g/mol. The van der Waals surface area contributed by atoms with E-state index >= 15 is 0 Å². The van der Waals surface area contributed by atoms with Crippen LogP contribution in [0.15, 0.2) is 18.2 Å². The number of carbonyl (C=O) groups is 1. The molecule has 0 radical (unpaired) electrons. The van der Waals surface area contributed by atoms with Crippen molar-refractivity contribution in [3.63, 3.8) is 0 Å². The predicted octanol–water partition coefficient (Wildman–Crippen LogP) is 2.43. The average Bonchev–Trinajstić information content (AvgIpc) is 3.11. The molecule has 1 saturated heterocycles. The zero-order chi connectivity index (χ0) is 18.7. The molecule has 140 valence electrons. The zero-order valence-corrected chi connectivity index (χ0v) is 16.2. The normalized spacial score (nSPS) is 17.2. The fraction of sp³-hybridized carbons (Fsp3) is 0.550. The highest BCUT2D eigenvalue weighted by atomic mass is 16.5. The van der Waals surface area contributed by atoms with E-state index in [2.05, 4.69) is 14.9 Å². The maximum atomic E-state index is 13.1. The number of ether oxygens (including phenoxy) is 1. The Morgan fingerprint density at radius 1 is 1.15 bits per heavy atom. The van der Waals surface area contributed by atoms with E-state index in [9.17, 15) is 4.79 Å². The molecule has 0 N–H and O–H groups in total. The SMILES string of the molecule is Cc1nc2ccc(C(=O)N(CCN(C)C)C[C@H]3CCCO3)cc2nc1C. The van der Waals surface area contributed by atoms with Gasteiger partial charge in [-0.05, 0) is 59.0 Å². The van der Waals surface area contributed by atoms with Gasteiger partial charge in [-0.1, -0.05) is 0 Å².